The van der Waals surface area contributed by atoms with E-state index in [1.54, 1.807) is 23.1 Å². The Morgan fingerprint density at radius 2 is 1.61 bits per heavy atom. The second-order valence-corrected chi connectivity index (χ2v) is 6.78. The summed E-state index contributed by atoms with van der Waals surface area (Å²) in [4.78, 5) is 27.5. The molecule has 2 N–H and O–H groups in total. The molecule has 0 radical (unpaired) electrons. The van der Waals surface area contributed by atoms with Gasteiger partial charge in [0.05, 0.1) is 10.8 Å². The van der Waals surface area contributed by atoms with Crippen LogP contribution >= 0.6 is 12.4 Å². The first-order valence-corrected chi connectivity index (χ1v) is 9.06. The topological polar surface area (TPSA) is 92.7 Å². The summed E-state index contributed by atoms with van der Waals surface area (Å²) in [7, 11) is 0. The normalized spacial score (nSPS) is 16.1. The maximum atomic E-state index is 12.9. The fraction of sp³-hybridized carbons (Fsp3) is 0.350. The minimum Gasteiger partial charge on any atom is -0.362 e. The lowest BCUT2D eigenvalue weighted by molar-refractivity contribution is -0.384. The van der Waals surface area contributed by atoms with Gasteiger partial charge in [0.15, 0.2) is 0 Å². The molecule has 1 fully saturated rings. The molecule has 0 aromatic heterocycles. The first kappa shape index (κ1) is 21.7. The molecule has 3 rings (SSSR count). The van der Waals surface area contributed by atoms with E-state index in [0.29, 0.717) is 31.9 Å². The van der Waals surface area contributed by atoms with Crippen molar-refractivity contribution in [2.45, 2.75) is 13.0 Å². The zero-order valence-electron chi connectivity index (χ0n) is 15.7. The van der Waals surface area contributed by atoms with E-state index in [9.17, 15) is 14.9 Å². The van der Waals surface area contributed by atoms with Crippen LogP contribution in [0.2, 0.25) is 0 Å². The Morgan fingerprint density at radius 1 is 1.04 bits per heavy atom. The average Bonchev–Trinajstić information content (AvgIpc) is 2.73. The number of rotatable bonds is 5. The third kappa shape index (κ3) is 4.61. The maximum Gasteiger partial charge on any atom is 0.292 e. The number of hydrogen-bond acceptors (Lipinski definition) is 5. The summed E-state index contributed by atoms with van der Waals surface area (Å²) in [6.07, 6.45) is 0. The maximum absolute atomic E-state index is 12.9. The van der Waals surface area contributed by atoms with Crippen LogP contribution in [0, 0.1) is 16.0 Å². The van der Waals surface area contributed by atoms with Gasteiger partial charge in [-0.25, -0.2) is 0 Å². The molecule has 2 aromatic rings. The molecule has 0 spiro atoms. The van der Waals surface area contributed by atoms with E-state index in [1.807, 2.05) is 42.2 Å². The lowest BCUT2D eigenvalue weighted by Gasteiger charge is -2.37. The zero-order valence-corrected chi connectivity index (χ0v) is 16.5. The van der Waals surface area contributed by atoms with Gasteiger partial charge in [0.25, 0.3) is 5.69 Å². The molecule has 2 atom stereocenters. The van der Waals surface area contributed by atoms with E-state index in [0.717, 1.165) is 5.56 Å². The quantitative estimate of drug-likeness (QED) is 0.610. The van der Waals surface area contributed by atoms with Crippen molar-refractivity contribution in [1.29, 1.82) is 0 Å². The number of hydrogen-bond donors (Lipinski definition) is 1. The minimum atomic E-state index is -0.367. The van der Waals surface area contributed by atoms with Gasteiger partial charge in [0.2, 0.25) is 5.91 Å². The molecule has 7 nitrogen and oxygen atoms in total. The highest BCUT2D eigenvalue weighted by Gasteiger charge is 2.30. The summed E-state index contributed by atoms with van der Waals surface area (Å²) >= 11 is 0. The highest BCUT2D eigenvalue weighted by Crippen LogP contribution is 2.29. The fourth-order valence-electron chi connectivity index (χ4n) is 3.46. The summed E-state index contributed by atoms with van der Waals surface area (Å²) in [5, 5.41) is 11.2. The van der Waals surface area contributed by atoms with Crippen LogP contribution < -0.4 is 10.6 Å². The molecule has 1 amide bonds. The Kier molecular flexibility index (Phi) is 7.37. The molecule has 1 heterocycles. The van der Waals surface area contributed by atoms with Gasteiger partial charge in [-0.2, -0.15) is 0 Å². The van der Waals surface area contributed by atoms with E-state index in [4.69, 9.17) is 5.73 Å². The summed E-state index contributed by atoms with van der Waals surface area (Å²) in [5.74, 6) is -0.307. The highest BCUT2D eigenvalue weighted by molar-refractivity contribution is 5.85. The molecule has 28 heavy (non-hydrogen) atoms. The summed E-state index contributed by atoms with van der Waals surface area (Å²) in [6.45, 7) is 4.02. The van der Waals surface area contributed by atoms with Crippen LogP contribution in [-0.4, -0.2) is 41.9 Å². The largest absolute Gasteiger partial charge is 0.362 e. The molecule has 0 aliphatic carbocycles. The van der Waals surface area contributed by atoms with Crippen molar-refractivity contribution in [2.75, 3.05) is 31.1 Å². The van der Waals surface area contributed by atoms with Gasteiger partial charge in [-0.1, -0.05) is 49.4 Å². The summed E-state index contributed by atoms with van der Waals surface area (Å²) < 4.78 is 0. The number of anilines is 1. The van der Waals surface area contributed by atoms with Crippen molar-refractivity contribution in [3.8, 4) is 0 Å². The number of nitrogens with two attached hydrogens (primary N) is 1. The fourth-order valence-corrected chi connectivity index (χ4v) is 3.46. The molecule has 8 heteroatoms. The van der Waals surface area contributed by atoms with Crippen molar-refractivity contribution in [3.05, 3.63) is 70.3 Å². The van der Waals surface area contributed by atoms with Gasteiger partial charge in [0, 0.05) is 38.3 Å². The molecule has 2 unspecified atom stereocenters. The Balaban J connectivity index is 0.00000280. The van der Waals surface area contributed by atoms with Gasteiger partial charge in [-0.3, -0.25) is 14.9 Å². The number of benzene rings is 2. The van der Waals surface area contributed by atoms with Gasteiger partial charge < -0.3 is 15.5 Å². The zero-order chi connectivity index (χ0) is 19.4. The number of halogens is 1. The van der Waals surface area contributed by atoms with Crippen LogP contribution in [0.3, 0.4) is 0 Å². The van der Waals surface area contributed by atoms with E-state index >= 15 is 0 Å². The SMILES string of the molecule is CC(C(=O)N1CCN(c2ccccc2[N+](=O)[O-])CC1)C(N)c1ccccc1.Cl. The van der Waals surface area contributed by atoms with Crippen LogP contribution in [0.15, 0.2) is 54.6 Å². The van der Waals surface area contributed by atoms with Gasteiger partial charge in [-0.15, -0.1) is 12.4 Å². The second-order valence-electron chi connectivity index (χ2n) is 6.78. The van der Waals surface area contributed by atoms with E-state index < -0.39 is 0 Å². The molecule has 1 saturated heterocycles. The van der Waals surface area contributed by atoms with Crippen molar-refractivity contribution in [3.63, 3.8) is 0 Å². The van der Waals surface area contributed by atoms with Crippen LogP contribution in [0.4, 0.5) is 11.4 Å². The minimum absolute atomic E-state index is 0. The van der Waals surface area contributed by atoms with E-state index in [-0.39, 0.29) is 40.9 Å². The number of carbonyl (C=O) groups is 1. The first-order chi connectivity index (χ1) is 13.0. The predicted molar refractivity (Wildman–Crippen MR) is 112 cm³/mol. The lowest BCUT2D eigenvalue weighted by Crippen LogP contribution is -2.51. The molecule has 0 bridgehead atoms. The molecule has 0 saturated carbocycles. The first-order valence-electron chi connectivity index (χ1n) is 9.06. The molecular weight excluding hydrogens is 380 g/mol. The number of nitro benzene ring substituents is 1. The molecular formula is C20H25ClN4O3. The lowest BCUT2D eigenvalue weighted by atomic mass is 9.94. The van der Waals surface area contributed by atoms with Crippen LogP contribution in [0.25, 0.3) is 0 Å². The molecule has 1 aliphatic heterocycles. The van der Waals surface area contributed by atoms with E-state index in [2.05, 4.69) is 0 Å². The third-order valence-corrected chi connectivity index (χ3v) is 5.12. The van der Waals surface area contributed by atoms with Crippen molar-refractivity contribution >= 4 is 29.7 Å². The standard InChI is InChI=1S/C20H24N4O3.ClH/c1-15(19(21)16-7-3-2-4-8-16)20(25)23-13-11-22(12-14-23)17-9-5-6-10-18(17)24(26)27;/h2-10,15,19H,11-14,21H2,1H3;1H. The Labute approximate surface area is 170 Å². The third-order valence-electron chi connectivity index (χ3n) is 5.12. The number of para-hydroxylation sites is 2. The number of nitrogens with zero attached hydrogens (tertiary/aromatic N) is 3. The molecule has 1 aliphatic rings. The van der Waals surface area contributed by atoms with Gasteiger partial charge in [-0.05, 0) is 11.6 Å². The Hall–Kier alpha value is -2.64. The number of carbonyl (C=O) groups excluding carboxylic acids is 1. The number of piperazine rings is 1. The number of amides is 1. The highest BCUT2D eigenvalue weighted by atomic mass is 35.5. The van der Waals surface area contributed by atoms with Gasteiger partial charge in [0.1, 0.15) is 5.69 Å². The Bertz CT molecular complexity index is 810. The Morgan fingerprint density at radius 3 is 2.21 bits per heavy atom. The predicted octanol–water partition coefficient (Wildman–Crippen LogP) is 3.00. The van der Waals surface area contributed by atoms with Crippen LogP contribution in [0.1, 0.15) is 18.5 Å². The average molecular weight is 405 g/mol. The molecule has 150 valence electrons. The van der Waals surface area contributed by atoms with E-state index in [1.165, 1.54) is 6.07 Å². The van der Waals surface area contributed by atoms with Crippen molar-refractivity contribution in [2.24, 2.45) is 11.7 Å². The smallest absolute Gasteiger partial charge is 0.292 e. The monoisotopic (exact) mass is 404 g/mol. The van der Waals surface area contributed by atoms with Gasteiger partial charge >= 0.3 is 0 Å². The second kappa shape index (κ2) is 9.52. The van der Waals surface area contributed by atoms with Crippen LogP contribution in [0.5, 0.6) is 0 Å². The van der Waals surface area contributed by atoms with Crippen molar-refractivity contribution < 1.29 is 9.72 Å². The van der Waals surface area contributed by atoms with Crippen LogP contribution in [-0.2, 0) is 4.79 Å². The number of nitro groups is 1. The molecule has 2 aromatic carbocycles. The summed E-state index contributed by atoms with van der Waals surface area (Å²) in [6, 6.07) is 16.0. The van der Waals surface area contributed by atoms with Crippen molar-refractivity contribution in [1.82, 2.24) is 4.90 Å². The summed E-state index contributed by atoms with van der Waals surface area (Å²) in [5.41, 5.74) is 7.92.